The highest BCUT2D eigenvalue weighted by atomic mass is 19.4. The third kappa shape index (κ3) is 4.05. The highest BCUT2D eigenvalue weighted by Crippen LogP contribution is 2.37. The van der Waals surface area contributed by atoms with E-state index in [1.807, 2.05) is 19.0 Å². The molecule has 0 amide bonds. The minimum Gasteiger partial charge on any atom is -0.367 e. The highest BCUT2D eigenvalue weighted by Gasteiger charge is 2.36. The summed E-state index contributed by atoms with van der Waals surface area (Å²) in [7, 11) is 3.70. The van der Waals surface area contributed by atoms with Gasteiger partial charge in [-0.25, -0.2) is 4.98 Å². The molecule has 0 atom stereocenters. The van der Waals surface area contributed by atoms with Gasteiger partial charge < -0.3 is 14.7 Å². The van der Waals surface area contributed by atoms with Gasteiger partial charge in [-0.2, -0.15) is 23.4 Å². The molecule has 1 aliphatic rings. The lowest BCUT2D eigenvalue weighted by atomic mass is 10.1. The lowest BCUT2D eigenvalue weighted by Crippen LogP contribution is -2.47. The molecule has 1 saturated heterocycles. The van der Waals surface area contributed by atoms with E-state index in [-0.39, 0.29) is 11.3 Å². The predicted octanol–water partition coefficient (Wildman–Crippen LogP) is 2.76. The van der Waals surface area contributed by atoms with Crippen LogP contribution in [0.15, 0.2) is 30.5 Å². The average molecular weight is 376 g/mol. The van der Waals surface area contributed by atoms with Crippen LogP contribution in [0.5, 0.6) is 0 Å². The van der Waals surface area contributed by atoms with Crippen LogP contribution >= 0.6 is 0 Å². The minimum absolute atomic E-state index is 0.00177. The first-order valence-electron chi connectivity index (χ1n) is 8.41. The maximum absolute atomic E-state index is 13.4. The third-order valence-corrected chi connectivity index (χ3v) is 4.40. The third-order valence-electron chi connectivity index (χ3n) is 4.40. The molecule has 1 aromatic carbocycles. The van der Waals surface area contributed by atoms with Crippen LogP contribution < -0.4 is 14.7 Å². The number of hydrogen-bond donors (Lipinski definition) is 0. The van der Waals surface area contributed by atoms with Crippen LogP contribution in [0.2, 0.25) is 0 Å². The minimum atomic E-state index is -4.51. The number of hydrogen-bond acceptors (Lipinski definition) is 6. The second kappa shape index (κ2) is 7.31. The summed E-state index contributed by atoms with van der Waals surface area (Å²) in [6.07, 6.45) is -2.83. The lowest BCUT2D eigenvalue weighted by Gasteiger charge is -2.37. The van der Waals surface area contributed by atoms with Crippen molar-refractivity contribution in [3.8, 4) is 6.07 Å². The Morgan fingerprint density at radius 1 is 1.07 bits per heavy atom. The molecular formula is C18H19F3N6. The topological polar surface area (TPSA) is 59.3 Å². The predicted molar refractivity (Wildman–Crippen MR) is 96.9 cm³/mol. The number of nitriles is 1. The summed E-state index contributed by atoms with van der Waals surface area (Å²) in [6, 6.07) is 7.28. The molecule has 0 saturated carbocycles. The van der Waals surface area contributed by atoms with E-state index in [9.17, 15) is 13.2 Å². The number of nitrogens with zero attached hydrogens (tertiary/aromatic N) is 6. The normalized spacial score (nSPS) is 14.8. The Hall–Kier alpha value is -3.02. The summed E-state index contributed by atoms with van der Waals surface area (Å²) in [5, 5.41) is 8.90. The summed E-state index contributed by atoms with van der Waals surface area (Å²) >= 11 is 0. The van der Waals surface area contributed by atoms with Crippen molar-refractivity contribution in [2.24, 2.45) is 0 Å². The van der Waals surface area contributed by atoms with E-state index in [4.69, 9.17) is 5.26 Å². The maximum atomic E-state index is 13.4. The highest BCUT2D eigenvalue weighted by molar-refractivity contribution is 5.59. The van der Waals surface area contributed by atoms with Crippen LogP contribution in [0.25, 0.3) is 0 Å². The van der Waals surface area contributed by atoms with E-state index in [2.05, 4.69) is 9.97 Å². The first kappa shape index (κ1) is 18.8. The number of anilines is 3. The van der Waals surface area contributed by atoms with Crippen LogP contribution in [0, 0.1) is 11.3 Å². The molecule has 0 radical (unpaired) electrons. The monoisotopic (exact) mass is 376 g/mol. The molecule has 0 spiro atoms. The van der Waals surface area contributed by atoms with Crippen molar-refractivity contribution in [3.05, 3.63) is 41.6 Å². The van der Waals surface area contributed by atoms with Crippen LogP contribution in [0.1, 0.15) is 11.1 Å². The van der Waals surface area contributed by atoms with Gasteiger partial charge in [0.2, 0.25) is 5.95 Å². The van der Waals surface area contributed by atoms with Gasteiger partial charge in [-0.05, 0) is 24.3 Å². The molecule has 3 rings (SSSR count). The average Bonchev–Trinajstić information content (AvgIpc) is 2.67. The fraction of sp³-hybridized carbons (Fsp3) is 0.389. The second-order valence-corrected chi connectivity index (χ2v) is 6.42. The van der Waals surface area contributed by atoms with Gasteiger partial charge in [0.25, 0.3) is 0 Å². The lowest BCUT2D eigenvalue weighted by molar-refractivity contribution is -0.137. The number of rotatable bonds is 3. The van der Waals surface area contributed by atoms with Gasteiger partial charge >= 0.3 is 6.18 Å². The van der Waals surface area contributed by atoms with E-state index in [1.54, 1.807) is 28.1 Å². The molecule has 1 fully saturated rings. The van der Waals surface area contributed by atoms with E-state index in [1.165, 1.54) is 12.1 Å². The number of aromatic nitrogens is 2. The molecule has 1 aliphatic heterocycles. The fourth-order valence-electron chi connectivity index (χ4n) is 3.02. The number of benzene rings is 1. The Bertz CT molecular complexity index is 851. The summed E-state index contributed by atoms with van der Waals surface area (Å²) in [5.41, 5.74) is -0.661. The first-order chi connectivity index (χ1) is 12.8. The van der Waals surface area contributed by atoms with Crippen molar-refractivity contribution in [3.63, 3.8) is 0 Å². The molecule has 2 heterocycles. The van der Waals surface area contributed by atoms with Gasteiger partial charge in [0.1, 0.15) is 5.82 Å². The molecule has 0 aliphatic carbocycles. The molecule has 0 bridgehead atoms. The van der Waals surface area contributed by atoms with Gasteiger partial charge in [0, 0.05) is 52.2 Å². The van der Waals surface area contributed by atoms with Crippen LogP contribution in [0.3, 0.4) is 0 Å². The zero-order chi connectivity index (χ0) is 19.6. The van der Waals surface area contributed by atoms with Crippen LogP contribution in [-0.4, -0.2) is 50.2 Å². The quantitative estimate of drug-likeness (QED) is 0.821. The Labute approximate surface area is 155 Å². The second-order valence-electron chi connectivity index (χ2n) is 6.42. The Kier molecular flexibility index (Phi) is 5.08. The van der Waals surface area contributed by atoms with E-state index < -0.39 is 11.7 Å². The molecule has 142 valence electrons. The van der Waals surface area contributed by atoms with Gasteiger partial charge in [-0.15, -0.1) is 0 Å². The molecule has 0 unspecified atom stereocenters. The molecule has 2 aromatic rings. The van der Waals surface area contributed by atoms with Crippen molar-refractivity contribution in [2.75, 3.05) is 55.0 Å². The van der Waals surface area contributed by atoms with Crippen molar-refractivity contribution in [2.45, 2.75) is 6.18 Å². The fourth-order valence-corrected chi connectivity index (χ4v) is 3.02. The summed E-state index contributed by atoms with van der Waals surface area (Å²) in [5.74, 6) is 1.34. The standard InChI is InChI=1S/C18H19F3N6/c1-25(2)17-23-6-5-16(24-17)27-9-7-26(8-10-27)15-4-3-13(12-22)11-14(15)18(19,20)21/h3-6,11H,7-10H2,1-2H3. The van der Waals surface area contributed by atoms with Crippen molar-refractivity contribution in [1.82, 2.24) is 9.97 Å². The largest absolute Gasteiger partial charge is 0.418 e. The Morgan fingerprint density at radius 3 is 2.33 bits per heavy atom. The van der Waals surface area contributed by atoms with Gasteiger partial charge in [-0.3, -0.25) is 0 Å². The molecule has 0 N–H and O–H groups in total. The zero-order valence-electron chi connectivity index (χ0n) is 15.0. The summed E-state index contributed by atoms with van der Waals surface area (Å²) in [4.78, 5) is 14.2. The van der Waals surface area contributed by atoms with Crippen molar-refractivity contribution in [1.29, 1.82) is 5.26 Å². The molecule has 6 nitrogen and oxygen atoms in total. The first-order valence-corrected chi connectivity index (χ1v) is 8.41. The van der Waals surface area contributed by atoms with Gasteiger partial charge in [0.15, 0.2) is 0 Å². The van der Waals surface area contributed by atoms with Gasteiger partial charge in [0.05, 0.1) is 17.2 Å². The summed E-state index contributed by atoms with van der Waals surface area (Å²) in [6.45, 7) is 1.94. The van der Waals surface area contributed by atoms with Crippen LogP contribution in [-0.2, 0) is 6.18 Å². The van der Waals surface area contributed by atoms with Crippen molar-refractivity contribution >= 4 is 17.5 Å². The molecule has 1 aromatic heterocycles. The van der Waals surface area contributed by atoms with Gasteiger partial charge in [-0.1, -0.05) is 0 Å². The smallest absolute Gasteiger partial charge is 0.367 e. The Morgan fingerprint density at radius 2 is 1.74 bits per heavy atom. The van der Waals surface area contributed by atoms with E-state index in [0.717, 1.165) is 11.9 Å². The number of halogens is 3. The number of piperazine rings is 1. The number of alkyl halides is 3. The molecule has 27 heavy (non-hydrogen) atoms. The SMILES string of the molecule is CN(C)c1nccc(N2CCN(c3ccc(C#N)cc3C(F)(F)F)CC2)n1. The van der Waals surface area contributed by atoms with E-state index >= 15 is 0 Å². The molecule has 9 heteroatoms. The zero-order valence-corrected chi connectivity index (χ0v) is 15.0. The Balaban J connectivity index is 1.78. The van der Waals surface area contributed by atoms with Crippen LogP contribution in [0.4, 0.5) is 30.6 Å². The van der Waals surface area contributed by atoms with E-state index in [0.29, 0.717) is 32.1 Å². The maximum Gasteiger partial charge on any atom is 0.418 e. The van der Waals surface area contributed by atoms with Crippen molar-refractivity contribution < 1.29 is 13.2 Å². The molecular weight excluding hydrogens is 357 g/mol. The summed E-state index contributed by atoms with van der Waals surface area (Å²) < 4.78 is 40.2.